The maximum atomic E-state index is 13.4. The van der Waals surface area contributed by atoms with Crippen LogP contribution in [0.2, 0.25) is 0 Å². The van der Waals surface area contributed by atoms with E-state index in [-0.39, 0.29) is 33.2 Å². The van der Waals surface area contributed by atoms with Gasteiger partial charge >= 0.3 is 11.9 Å². The van der Waals surface area contributed by atoms with Crippen LogP contribution in [0.4, 0.5) is 0 Å². The van der Waals surface area contributed by atoms with Crippen LogP contribution in [0, 0.1) is 18.3 Å². The van der Waals surface area contributed by atoms with Gasteiger partial charge in [0.2, 0.25) is 0 Å². The first-order chi connectivity index (χ1) is 16.8. The van der Waals surface area contributed by atoms with Crippen LogP contribution >= 0.6 is 0 Å². The molecule has 1 atom stereocenters. The molecule has 0 saturated heterocycles. The molecule has 176 valence electrons. The van der Waals surface area contributed by atoms with Crippen molar-refractivity contribution in [3.8, 4) is 17.4 Å². The van der Waals surface area contributed by atoms with Crippen molar-refractivity contribution in [1.29, 1.82) is 5.26 Å². The van der Waals surface area contributed by atoms with E-state index < -0.39 is 17.9 Å². The summed E-state index contributed by atoms with van der Waals surface area (Å²) in [5.41, 5.74) is 1.71. The van der Waals surface area contributed by atoms with Crippen LogP contribution in [-0.4, -0.2) is 26.2 Å². The number of hydrogen-bond donors (Lipinski definition) is 1. The van der Waals surface area contributed by atoms with E-state index in [0.29, 0.717) is 28.1 Å². The predicted octanol–water partition coefficient (Wildman–Crippen LogP) is 3.85. The highest BCUT2D eigenvalue weighted by molar-refractivity contribution is 6.02. The molecule has 1 aromatic heterocycles. The van der Waals surface area contributed by atoms with Gasteiger partial charge in [0.05, 0.1) is 36.7 Å². The van der Waals surface area contributed by atoms with Crippen LogP contribution in [0.15, 0.2) is 80.3 Å². The van der Waals surface area contributed by atoms with Gasteiger partial charge in [0.1, 0.15) is 23.1 Å². The van der Waals surface area contributed by atoms with E-state index in [1.54, 1.807) is 32.0 Å². The maximum Gasteiger partial charge on any atom is 0.337 e. The van der Waals surface area contributed by atoms with Crippen LogP contribution in [0.1, 0.15) is 24.0 Å². The Morgan fingerprint density at radius 3 is 2.26 bits per heavy atom. The summed E-state index contributed by atoms with van der Waals surface area (Å²) < 4.78 is 16.3. The maximum absolute atomic E-state index is 13.4. The van der Waals surface area contributed by atoms with Gasteiger partial charge in [-0.25, -0.2) is 9.59 Å². The lowest BCUT2D eigenvalue weighted by Gasteiger charge is -2.29. The van der Waals surface area contributed by atoms with Crippen molar-refractivity contribution in [2.45, 2.75) is 19.8 Å². The van der Waals surface area contributed by atoms with Crippen molar-refractivity contribution in [1.82, 2.24) is 5.32 Å². The molecule has 1 aliphatic rings. The molecule has 0 saturated carbocycles. The quantitative estimate of drug-likeness (QED) is 0.571. The number of rotatable bonds is 4. The summed E-state index contributed by atoms with van der Waals surface area (Å²) in [5, 5.41) is 12.9. The third-order valence-corrected chi connectivity index (χ3v) is 6.01. The minimum absolute atomic E-state index is 0.0678. The number of methoxy groups -OCH3 is 2. The van der Waals surface area contributed by atoms with Crippen LogP contribution in [0.5, 0.6) is 0 Å². The SMILES string of the molecule is COC(=O)C1=C(C)NC(C#N)=C(C(=O)OC)C1c1cccc2c(=O)c(C)c(-c3ccccc3)oc12. The minimum Gasteiger partial charge on any atom is -0.466 e. The van der Waals surface area contributed by atoms with Crippen LogP contribution in [0.3, 0.4) is 0 Å². The van der Waals surface area contributed by atoms with Crippen molar-refractivity contribution < 1.29 is 23.5 Å². The Hall–Kier alpha value is -4.64. The van der Waals surface area contributed by atoms with Crippen LogP contribution in [0.25, 0.3) is 22.3 Å². The number of carbonyl (C=O) groups excluding carboxylic acids is 2. The second kappa shape index (κ2) is 9.31. The third-order valence-electron chi connectivity index (χ3n) is 6.01. The number of para-hydroxylation sites is 1. The van der Waals surface area contributed by atoms with Crippen molar-refractivity contribution in [3.63, 3.8) is 0 Å². The van der Waals surface area contributed by atoms with Crippen LogP contribution < -0.4 is 10.7 Å². The summed E-state index contributed by atoms with van der Waals surface area (Å²) in [6, 6.07) is 16.0. The molecule has 2 heterocycles. The second-order valence-electron chi connectivity index (χ2n) is 7.96. The molecule has 8 heteroatoms. The molecular weight excluding hydrogens is 448 g/mol. The molecule has 0 spiro atoms. The Balaban J connectivity index is 2.12. The highest BCUT2D eigenvalue weighted by atomic mass is 16.5. The molecule has 0 aliphatic carbocycles. The van der Waals surface area contributed by atoms with E-state index in [4.69, 9.17) is 13.9 Å². The topological polar surface area (TPSA) is 119 Å². The molecule has 2 aromatic carbocycles. The highest BCUT2D eigenvalue weighted by Crippen LogP contribution is 2.42. The monoisotopic (exact) mass is 470 g/mol. The number of hydrogen-bond acceptors (Lipinski definition) is 8. The lowest BCUT2D eigenvalue weighted by molar-refractivity contribution is -0.137. The number of ether oxygens (including phenoxy) is 2. The molecule has 1 N–H and O–H groups in total. The Bertz CT molecular complexity index is 1520. The first-order valence-corrected chi connectivity index (χ1v) is 10.7. The zero-order valence-electron chi connectivity index (χ0n) is 19.6. The van der Waals surface area contributed by atoms with E-state index >= 15 is 0 Å². The van der Waals surface area contributed by atoms with Gasteiger partial charge in [-0.05, 0) is 19.9 Å². The first kappa shape index (κ1) is 23.5. The van der Waals surface area contributed by atoms with Gasteiger partial charge < -0.3 is 19.2 Å². The minimum atomic E-state index is -1.08. The van der Waals surface area contributed by atoms with E-state index in [9.17, 15) is 19.6 Å². The normalized spacial score (nSPS) is 15.5. The average Bonchev–Trinajstić information content (AvgIpc) is 2.89. The number of nitrogens with one attached hydrogen (secondary N) is 1. The lowest BCUT2D eigenvalue weighted by Crippen LogP contribution is -2.32. The number of carbonyl (C=O) groups is 2. The molecule has 3 aromatic rings. The Morgan fingerprint density at radius 1 is 0.971 bits per heavy atom. The van der Waals surface area contributed by atoms with Gasteiger partial charge in [-0.2, -0.15) is 5.26 Å². The summed E-state index contributed by atoms with van der Waals surface area (Å²) >= 11 is 0. The zero-order chi connectivity index (χ0) is 25.3. The largest absolute Gasteiger partial charge is 0.466 e. The van der Waals surface area contributed by atoms with Crippen LogP contribution in [-0.2, 0) is 19.1 Å². The van der Waals surface area contributed by atoms with E-state index in [1.165, 1.54) is 14.2 Å². The fraction of sp³-hybridized carbons (Fsp3) is 0.185. The number of fused-ring (bicyclic) bond motifs is 1. The Labute approximate surface area is 201 Å². The lowest BCUT2D eigenvalue weighted by atomic mass is 9.79. The van der Waals surface area contributed by atoms with Gasteiger partial charge in [-0.1, -0.05) is 42.5 Å². The van der Waals surface area contributed by atoms with E-state index in [1.807, 2.05) is 36.4 Å². The van der Waals surface area contributed by atoms with Crippen molar-refractivity contribution in [2.75, 3.05) is 14.2 Å². The van der Waals surface area contributed by atoms with Crippen molar-refractivity contribution in [2.24, 2.45) is 0 Å². The third kappa shape index (κ3) is 3.87. The fourth-order valence-electron chi connectivity index (χ4n) is 4.36. The number of esters is 2. The number of nitriles is 1. The molecule has 0 fully saturated rings. The molecule has 1 unspecified atom stereocenters. The zero-order valence-corrected chi connectivity index (χ0v) is 19.6. The van der Waals surface area contributed by atoms with E-state index in [2.05, 4.69) is 5.32 Å². The molecular formula is C27H22N2O6. The van der Waals surface area contributed by atoms with Gasteiger partial charge in [0.15, 0.2) is 5.43 Å². The molecule has 0 radical (unpaired) electrons. The van der Waals surface area contributed by atoms with Crippen molar-refractivity contribution in [3.05, 3.63) is 92.4 Å². The van der Waals surface area contributed by atoms with Crippen molar-refractivity contribution >= 4 is 22.9 Å². The number of nitrogens with zero attached hydrogens (tertiary/aromatic N) is 1. The average molecular weight is 470 g/mol. The summed E-state index contributed by atoms with van der Waals surface area (Å²) in [6.45, 7) is 3.29. The molecule has 35 heavy (non-hydrogen) atoms. The number of dihydropyridines is 1. The highest BCUT2D eigenvalue weighted by Gasteiger charge is 2.40. The van der Waals surface area contributed by atoms with Gasteiger partial charge in [-0.3, -0.25) is 4.79 Å². The van der Waals surface area contributed by atoms with Gasteiger partial charge in [0.25, 0.3) is 0 Å². The second-order valence-corrected chi connectivity index (χ2v) is 7.96. The fourth-order valence-corrected chi connectivity index (χ4v) is 4.36. The number of allylic oxidation sites excluding steroid dienone is 2. The molecule has 8 nitrogen and oxygen atoms in total. The molecule has 0 amide bonds. The summed E-state index contributed by atoms with van der Waals surface area (Å²) in [7, 11) is 2.41. The Kier molecular flexibility index (Phi) is 6.26. The molecule has 0 bridgehead atoms. The predicted molar refractivity (Wildman–Crippen MR) is 128 cm³/mol. The smallest absolute Gasteiger partial charge is 0.337 e. The molecule has 1 aliphatic heterocycles. The van der Waals surface area contributed by atoms with E-state index in [0.717, 1.165) is 0 Å². The number of benzene rings is 2. The standard InChI is InChI=1S/C27H22N2O6/c1-14-23(30)18-12-8-11-17(25(18)35-24(14)16-9-6-5-7-10-16)21-20(26(31)33-3)15(2)29-19(13-28)22(21)27(32)34-4/h5-12,21,29H,1-4H3. The summed E-state index contributed by atoms with van der Waals surface area (Å²) in [5.74, 6) is -2.21. The van der Waals surface area contributed by atoms with Gasteiger partial charge in [-0.15, -0.1) is 0 Å². The summed E-state index contributed by atoms with van der Waals surface area (Å²) in [4.78, 5) is 39.1. The Morgan fingerprint density at radius 2 is 1.63 bits per heavy atom. The molecule has 4 rings (SSSR count). The first-order valence-electron chi connectivity index (χ1n) is 10.7. The van der Waals surface area contributed by atoms with Gasteiger partial charge in [0, 0.05) is 22.4 Å². The summed E-state index contributed by atoms with van der Waals surface area (Å²) in [6.07, 6.45) is 0.